The number of alkyl halides is 2. The van der Waals surface area contributed by atoms with Gasteiger partial charge in [-0.1, -0.05) is 6.07 Å². The highest BCUT2D eigenvalue weighted by Gasteiger charge is 2.08. The lowest BCUT2D eigenvalue weighted by molar-refractivity contribution is 0.291. The van der Waals surface area contributed by atoms with Crippen molar-refractivity contribution in [1.82, 2.24) is 0 Å². The van der Waals surface area contributed by atoms with Crippen LogP contribution in [0.4, 0.5) is 0 Å². The van der Waals surface area contributed by atoms with Crippen molar-refractivity contribution in [3.05, 3.63) is 30.3 Å². The van der Waals surface area contributed by atoms with Gasteiger partial charge in [0.2, 0.25) is 0 Å². The molecule has 5 heteroatoms. The Morgan fingerprint density at radius 1 is 0.842 bits per heavy atom. The van der Waals surface area contributed by atoms with Crippen LogP contribution in [-0.2, 0) is 0 Å². The van der Waals surface area contributed by atoms with E-state index >= 15 is 0 Å². The molecule has 2 rings (SSSR count). The van der Waals surface area contributed by atoms with Crippen molar-refractivity contribution in [2.24, 2.45) is 0 Å². The van der Waals surface area contributed by atoms with E-state index < -0.39 is 0 Å². The van der Waals surface area contributed by atoms with Gasteiger partial charge in [-0.25, -0.2) is 0 Å². The average Bonchev–Trinajstić information content (AvgIpc) is 2.42. The lowest BCUT2D eigenvalue weighted by Gasteiger charge is -2.13. The van der Waals surface area contributed by atoms with Crippen molar-refractivity contribution < 1.29 is 14.6 Å². The van der Waals surface area contributed by atoms with E-state index in [1.165, 1.54) is 0 Å². The summed E-state index contributed by atoms with van der Waals surface area (Å²) >= 11 is 11.3. The smallest absolute Gasteiger partial charge is 0.161 e. The highest BCUT2D eigenvalue weighted by atomic mass is 35.5. The van der Waals surface area contributed by atoms with E-state index in [2.05, 4.69) is 0 Å². The molecule has 0 aliphatic heterocycles. The lowest BCUT2D eigenvalue weighted by atomic mass is 10.1. The molecule has 2 aromatic carbocycles. The largest absolute Gasteiger partial charge is 0.508 e. The van der Waals surface area contributed by atoms with Gasteiger partial charge in [-0.3, -0.25) is 0 Å². The number of rotatable bonds is 6. The third-order valence-electron chi connectivity index (χ3n) is 2.56. The molecular weight excluding hydrogens is 287 g/mol. The number of hydrogen-bond acceptors (Lipinski definition) is 3. The Bertz CT molecular complexity index is 558. The Balaban J connectivity index is 2.40. The summed E-state index contributed by atoms with van der Waals surface area (Å²) in [6.07, 6.45) is 0. The van der Waals surface area contributed by atoms with Gasteiger partial charge in [-0.15, -0.1) is 23.2 Å². The van der Waals surface area contributed by atoms with Crippen LogP contribution in [0.2, 0.25) is 0 Å². The third-order valence-corrected chi connectivity index (χ3v) is 2.86. The summed E-state index contributed by atoms with van der Waals surface area (Å²) in [7, 11) is 0. The summed E-state index contributed by atoms with van der Waals surface area (Å²) in [5.41, 5.74) is 0. The van der Waals surface area contributed by atoms with Gasteiger partial charge in [0.1, 0.15) is 19.0 Å². The first kappa shape index (κ1) is 14.1. The highest BCUT2D eigenvalue weighted by molar-refractivity contribution is 6.18. The van der Waals surface area contributed by atoms with E-state index in [1.54, 1.807) is 12.1 Å². The second-order valence-corrected chi connectivity index (χ2v) is 4.66. The van der Waals surface area contributed by atoms with Crippen LogP contribution in [0.15, 0.2) is 30.3 Å². The van der Waals surface area contributed by atoms with E-state index in [-0.39, 0.29) is 5.75 Å². The summed E-state index contributed by atoms with van der Waals surface area (Å²) in [5, 5.41) is 11.3. The number of aromatic hydroxyl groups is 1. The fourth-order valence-electron chi connectivity index (χ4n) is 1.77. The van der Waals surface area contributed by atoms with E-state index in [0.29, 0.717) is 36.5 Å². The maximum atomic E-state index is 9.50. The zero-order valence-electron chi connectivity index (χ0n) is 10.2. The van der Waals surface area contributed by atoms with Crippen molar-refractivity contribution in [3.8, 4) is 17.2 Å². The zero-order chi connectivity index (χ0) is 13.7. The fraction of sp³-hybridized carbons (Fsp3) is 0.286. The SMILES string of the molecule is Oc1ccc2cc(OCCCl)c(OCCCl)cc2c1. The van der Waals surface area contributed by atoms with Crippen molar-refractivity contribution in [2.45, 2.75) is 0 Å². The number of phenols is 1. The molecule has 0 amide bonds. The summed E-state index contributed by atoms with van der Waals surface area (Å²) in [6.45, 7) is 0.797. The van der Waals surface area contributed by atoms with Gasteiger partial charge in [0.05, 0.1) is 11.8 Å². The lowest BCUT2D eigenvalue weighted by Crippen LogP contribution is -2.03. The van der Waals surface area contributed by atoms with Crippen molar-refractivity contribution in [1.29, 1.82) is 0 Å². The van der Waals surface area contributed by atoms with E-state index in [1.807, 2.05) is 18.2 Å². The molecule has 0 atom stereocenters. The monoisotopic (exact) mass is 300 g/mol. The number of ether oxygens (including phenoxy) is 2. The minimum absolute atomic E-state index is 0.213. The Morgan fingerprint density at radius 3 is 2.00 bits per heavy atom. The van der Waals surface area contributed by atoms with Gasteiger partial charge in [0.25, 0.3) is 0 Å². The molecule has 0 bridgehead atoms. The first-order valence-electron chi connectivity index (χ1n) is 5.89. The summed E-state index contributed by atoms with van der Waals surface area (Å²) in [5.74, 6) is 2.24. The molecule has 102 valence electrons. The van der Waals surface area contributed by atoms with Crippen LogP contribution >= 0.6 is 23.2 Å². The molecule has 3 nitrogen and oxygen atoms in total. The quantitative estimate of drug-likeness (QED) is 0.825. The van der Waals surface area contributed by atoms with Crippen LogP contribution < -0.4 is 9.47 Å². The minimum Gasteiger partial charge on any atom is -0.508 e. The molecule has 0 aliphatic rings. The minimum atomic E-state index is 0.213. The van der Waals surface area contributed by atoms with Crippen LogP contribution in [0.1, 0.15) is 0 Å². The number of halogens is 2. The standard InChI is InChI=1S/C14H14Cl2O3/c15-3-5-18-13-8-10-1-2-12(17)7-11(10)9-14(13)19-6-4-16/h1-2,7-9,17H,3-6H2. The van der Waals surface area contributed by atoms with Crippen molar-refractivity contribution in [2.75, 3.05) is 25.0 Å². The molecule has 0 saturated carbocycles. The average molecular weight is 301 g/mol. The van der Waals surface area contributed by atoms with Crippen molar-refractivity contribution in [3.63, 3.8) is 0 Å². The molecule has 0 fully saturated rings. The maximum Gasteiger partial charge on any atom is 0.161 e. The van der Waals surface area contributed by atoms with Gasteiger partial charge in [0.15, 0.2) is 11.5 Å². The van der Waals surface area contributed by atoms with Gasteiger partial charge in [0, 0.05) is 0 Å². The Kier molecular flexibility index (Phi) is 5.00. The Hall–Kier alpha value is -1.32. The number of hydrogen-bond donors (Lipinski definition) is 1. The summed E-state index contributed by atoms with van der Waals surface area (Å²) in [6, 6.07) is 8.82. The zero-order valence-corrected chi connectivity index (χ0v) is 11.7. The molecular formula is C14H14Cl2O3. The van der Waals surface area contributed by atoms with E-state index in [9.17, 15) is 5.11 Å². The second kappa shape index (κ2) is 6.73. The van der Waals surface area contributed by atoms with Gasteiger partial charge in [-0.2, -0.15) is 0 Å². The third kappa shape index (κ3) is 3.58. The highest BCUT2D eigenvalue weighted by Crippen LogP contribution is 2.34. The molecule has 0 heterocycles. The van der Waals surface area contributed by atoms with Gasteiger partial charge >= 0.3 is 0 Å². The fourth-order valence-corrected chi connectivity index (χ4v) is 1.92. The molecule has 0 radical (unpaired) electrons. The first-order valence-corrected chi connectivity index (χ1v) is 6.96. The summed E-state index contributed by atoms with van der Waals surface area (Å²) < 4.78 is 11.1. The maximum absolute atomic E-state index is 9.50. The number of benzene rings is 2. The second-order valence-electron chi connectivity index (χ2n) is 3.91. The van der Waals surface area contributed by atoms with Crippen LogP contribution in [0.3, 0.4) is 0 Å². The molecule has 0 spiro atoms. The van der Waals surface area contributed by atoms with E-state index in [0.717, 1.165) is 10.8 Å². The van der Waals surface area contributed by atoms with Gasteiger partial charge < -0.3 is 14.6 Å². The topological polar surface area (TPSA) is 38.7 Å². The Morgan fingerprint density at radius 2 is 1.42 bits per heavy atom. The molecule has 2 aromatic rings. The number of fused-ring (bicyclic) bond motifs is 1. The van der Waals surface area contributed by atoms with Crippen LogP contribution in [-0.4, -0.2) is 30.1 Å². The predicted molar refractivity (Wildman–Crippen MR) is 78.0 cm³/mol. The normalized spacial score (nSPS) is 10.6. The molecule has 19 heavy (non-hydrogen) atoms. The van der Waals surface area contributed by atoms with Gasteiger partial charge in [-0.05, 0) is 35.0 Å². The number of phenolic OH excluding ortho intramolecular Hbond substituents is 1. The Labute approximate surface area is 121 Å². The van der Waals surface area contributed by atoms with Crippen molar-refractivity contribution >= 4 is 34.0 Å². The van der Waals surface area contributed by atoms with Crippen LogP contribution in [0.5, 0.6) is 17.2 Å². The molecule has 0 aliphatic carbocycles. The molecule has 0 unspecified atom stereocenters. The van der Waals surface area contributed by atoms with Crippen LogP contribution in [0.25, 0.3) is 10.8 Å². The molecule has 0 aromatic heterocycles. The predicted octanol–water partition coefficient (Wildman–Crippen LogP) is 3.78. The molecule has 0 saturated heterocycles. The van der Waals surface area contributed by atoms with E-state index in [4.69, 9.17) is 32.7 Å². The van der Waals surface area contributed by atoms with Crippen LogP contribution in [0, 0.1) is 0 Å². The molecule has 1 N–H and O–H groups in total. The summed E-state index contributed by atoms with van der Waals surface area (Å²) in [4.78, 5) is 0. The first-order chi connectivity index (χ1) is 9.24.